The van der Waals surface area contributed by atoms with Crippen LogP contribution in [0.25, 0.3) is 0 Å². The monoisotopic (exact) mass is 109 g/mol. The third kappa shape index (κ3) is 0.504. The zero-order valence-electron chi connectivity index (χ0n) is 5.39. The van der Waals surface area contributed by atoms with Gasteiger partial charge in [-0.1, -0.05) is 0 Å². The highest BCUT2D eigenvalue weighted by atomic mass is 15.0. The summed E-state index contributed by atoms with van der Waals surface area (Å²) in [7, 11) is 0. The molecule has 0 bridgehead atoms. The van der Waals surface area contributed by atoms with Crippen molar-refractivity contribution < 1.29 is 0 Å². The maximum Gasteiger partial charge on any atom is 0.0562 e. The van der Waals surface area contributed by atoms with Gasteiger partial charge in [0.2, 0.25) is 0 Å². The van der Waals surface area contributed by atoms with Crippen molar-refractivity contribution in [3.63, 3.8) is 0 Å². The van der Waals surface area contributed by atoms with E-state index >= 15 is 0 Å². The van der Waals surface area contributed by atoms with Gasteiger partial charge in [0.1, 0.15) is 0 Å². The molecule has 2 unspecified atom stereocenters. The summed E-state index contributed by atoms with van der Waals surface area (Å²) in [5.41, 5.74) is 1.25. The lowest BCUT2D eigenvalue weighted by molar-refractivity contribution is 0.760. The van der Waals surface area contributed by atoms with Crippen LogP contribution in [0.1, 0.15) is 20.3 Å². The molecule has 2 atom stereocenters. The summed E-state index contributed by atoms with van der Waals surface area (Å²) in [6, 6.07) is 0.778. The summed E-state index contributed by atoms with van der Waals surface area (Å²) in [5, 5.41) is 0. The van der Waals surface area contributed by atoms with Gasteiger partial charge in [0.15, 0.2) is 0 Å². The zero-order valence-corrected chi connectivity index (χ0v) is 5.39. The number of aliphatic imine (C=N–C) groups is 1. The predicted octanol–water partition coefficient (Wildman–Crippen LogP) is 1.49. The second-order valence-electron chi connectivity index (χ2n) is 3.13. The first kappa shape index (κ1) is 4.54. The summed E-state index contributed by atoms with van der Waals surface area (Å²) in [6.07, 6.45) is 1.47. The van der Waals surface area contributed by atoms with Gasteiger partial charge >= 0.3 is 0 Å². The normalized spacial score (nSPS) is 47.5. The minimum Gasteiger partial charge on any atom is -0.291 e. The molecule has 0 heterocycles. The summed E-state index contributed by atoms with van der Waals surface area (Å²) >= 11 is 0. The molecular formula is C7H11N. The standard InChI is InChI=1S/C7H11N/c1-4(2)8-7-5-3-6(5)7/h5-7H,3H2,1-2H3. The molecule has 0 aromatic rings. The predicted molar refractivity (Wildman–Crippen MR) is 34.2 cm³/mol. The molecule has 2 rings (SSSR count). The van der Waals surface area contributed by atoms with Crippen LogP contribution >= 0.6 is 0 Å². The molecular weight excluding hydrogens is 98.1 g/mol. The summed E-state index contributed by atoms with van der Waals surface area (Å²) in [6.45, 7) is 4.16. The van der Waals surface area contributed by atoms with Crippen LogP contribution in [0.4, 0.5) is 0 Å². The Morgan fingerprint density at radius 1 is 1.38 bits per heavy atom. The van der Waals surface area contributed by atoms with Gasteiger partial charge < -0.3 is 0 Å². The Balaban J connectivity index is 1.93. The minimum absolute atomic E-state index is 0.778. The second-order valence-corrected chi connectivity index (χ2v) is 3.13. The summed E-state index contributed by atoms with van der Waals surface area (Å²) in [4.78, 5) is 4.44. The molecule has 2 aliphatic rings. The Morgan fingerprint density at radius 3 is 2.12 bits per heavy atom. The minimum atomic E-state index is 0.778. The first-order valence-corrected chi connectivity index (χ1v) is 3.30. The number of nitrogens with zero attached hydrogens (tertiary/aromatic N) is 1. The molecule has 2 fully saturated rings. The van der Waals surface area contributed by atoms with E-state index in [2.05, 4.69) is 18.8 Å². The topological polar surface area (TPSA) is 12.4 Å². The molecule has 2 aliphatic carbocycles. The van der Waals surface area contributed by atoms with Crippen LogP contribution in [0.15, 0.2) is 4.99 Å². The Hall–Kier alpha value is -0.330. The van der Waals surface area contributed by atoms with E-state index in [1.54, 1.807) is 0 Å². The first-order valence-electron chi connectivity index (χ1n) is 3.30. The van der Waals surface area contributed by atoms with E-state index in [4.69, 9.17) is 0 Å². The van der Waals surface area contributed by atoms with Crippen molar-refractivity contribution in [3.05, 3.63) is 0 Å². The first-order chi connectivity index (χ1) is 3.79. The van der Waals surface area contributed by atoms with E-state index in [9.17, 15) is 0 Å². The van der Waals surface area contributed by atoms with Crippen molar-refractivity contribution in [1.29, 1.82) is 0 Å². The van der Waals surface area contributed by atoms with Crippen molar-refractivity contribution in [2.45, 2.75) is 26.3 Å². The fourth-order valence-corrected chi connectivity index (χ4v) is 1.23. The van der Waals surface area contributed by atoms with Crippen LogP contribution in [-0.4, -0.2) is 11.8 Å². The van der Waals surface area contributed by atoms with Gasteiger partial charge in [-0.25, -0.2) is 0 Å². The number of hydrogen-bond donors (Lipinski definition) is 0. The number of hydrogen-bond acceptors (Lipinski definition) is 1. The Bertz CT molecular complexity index is 136. The quantitative estimate of drug-likeness (QED) is 0.452. The Kier molecular flexibility index (Phi) is 0.651. The molecule has 44 valence electrons. The smallest absolute Gasteiger partial charge is 0.0562 e. The van der Waals surface area contributed by atoms with Crippen molar-refractivity contribution in [2.24, 2.45) is 16.8 Å². The van der Waals surface area contributed by atoms with E-state index in [-0.39, 0.29) is 0 Å². The summed E-state index contributed by atoms with van der Waals surface area (Å²) < 4.78 is 0. The van der Waals surface area contributed by atoms with Crippen molar-refractivity contribution >= 4 is 5.71 Å². The average molecular weight is 109 g/mol. The van der Waals surface area contributed by atoms with Crippen molar-refractivity contribution in [3.8, 4) is 0 Å². The molecule has 0 spiro atoms. The highest BCUT2D eigenvalue weighted by Crippen LogP contribution is 2.64. The fraction of sp³-hybridized carbons (Fsp3) is 0.857. The van der Waals surface area contributed by atoms with Crippen LogP contribution in [0, 0.1) is 11.8 Å². The molecule has 0 aromatic heterocycles. The third-order valence-electron chi connectivity index (χ3n) is 2.03. The molecule has 1 nitrogen and oxygen atoms in total. The highest BCUT2D eigenvalue weighted by molar-refractivity contribution is 5.79. The van der Waals surface area contributed by atoms with E-state index in [0.29, 0.717) is 0 Å². The van der Waals surface area contributed by atoms with E-state index in [1.807, 2.05) is 0 Å². The molecule has 0 N–H and O–H groups in total. The molecule has 1 heteroatoms. The van der Waals surface area contributed by atoms with Gasteiger partial charge in [-0.15, -0.1) is 0 Å². The molecule has 0 aromatic carbocycles. The van der Waals surface area contributed by atoms with E-state index in [0.717, 1.165) is 17.9 Å². The fourth-order valence-electron chi connectivity index (χ4n) is 1.23. The Morgan fingerprint density at radius 2 is 2.00 bits per heavy atom. The summed E-state index contributed by atoms with van der Waals surface area (Å²) in [5.74, 6) is 2.06. The third-order valence-corrected chi connectivity index (χ3v) is 2.03. The molecule has 0 radical (unpaired) electrons. The number of fused-ring (bicyclic) bond motifs is 1. The van der Waals surface area contributed by atoms with Crippen LogP contribution < -0.4 is 0 Å². The van der Waals surface area contributed by atoms with Crippen LogP contribution in [-0.2, 0) is 0 Å². The van der Waals surface area contributed by atoms with E-state index < -0.39 is 0 Å². The number of rotatable bonds is 1. The van der Waals surface area contributed by atoms with E-state index in [1.165, 1.54) is 12.1 Å². The van der Waals surface area contributed by atoms with Crippen LogP contribution in [0.2, 0.25) is 0 Å². The maximum absolute atomic E-state index is 4.44. The van der Waals surface area contributed by atoms with Gasteiger partial charge in [-0.2, -0.15) is 0 Å². The lowest BCUT2D eigenvalue weighted by atomic mass is 10.3. The van der Waals surface area contributed by atoms with Crippen molar-refractivity contribution in [2.75, 3.05) is 0 Å². The largest absolute Gasteiger partial charge is 0.291 e. The molecule has 0 amide bonds. The van der Waals surface area contributed by atoms with Crippen molar-refractivity contribution in [1.82, 2.24) is 0 Å². The van der Waals surface area contributed by atoms with Gasteiger partial charge in [-0.05, 0) is 32.1 Å². The van der Waals surface area contributed by atoms with Gasteiger partial charge in [0.05, 0.1) is 6.04 Å². The zero-order chi connectivity index (χ0) is 5.72. The Labute approximate surface area is 49.8 Å². The maximum atomic E-state index is 4.44. The SMILES string of the molecule is CC(C)=NC1C2CC21. The highest BCUT2D eigenvalue weighted by Gasteiger charge is 2.64. The van der Waals surface area contributed by atoms with Crippen LogP contribution in [0.3, 0.4) is 0 Å². The molecule has 8 heavy (non-hydrogen) atoms. The lowest BCUT2D eigenvalue weighted by Crippen LogP contribution is -1.93. The van der Waals surface area contributed by atoms with Gasteiger partial charge in [0, 0.05) is 5.71 Å². The molecule has 2 saturated carbocycles. The average Bonchev–Trinajstić information content (AvgIpc) is 2.41. The lowest BCUT2D eigenvalue weighted by Gasteiger charge is -1.93. The van der Waals surface area contributed by atoms with Gasteiger partial charge in [-0.3, -0.25) is 4.99 Å². The molecule has 0 saturated heterocycles. The van der Waals surface area contributed by atoms with Gasteiger partial charge in [0.25, 0.3) is 0 Å². The molecule has 0 aliphatic heterocycles. The van der Waals surface area contributed by atoms with Crippen LogP contribution in [0.5, 0.6) is 0 Å². The second kappa shape index (κ2) is 1.15.